The summed E-state index contributed by atoms with van der Waals surface area (Å²) in [6.07, 6.45) is 5.15. The molecular weight excluding hydrogens is 288 g/mol. The van der Waals surface area contributed by atoms with E-state index in [1.807, 2.05) is 30.3 Å². The quantitative estimate of drug-likeness (QED) is 0.842. The van der Waals surface area contributed by atoms with Gasteiger partial charge in [0.2, 0.25) is 0 Å². The van der Waals surface area contributed by atoms with Crippen molar-refractivity contribution in [1.29, 1.82) is 0 Å². The van der Waals surface area contributed by atoms with Gasteiger partial charge in [-0.1, -0.05) is 49.6 Å². The highest BCUT2D eigenvalue weighted by molar-refractivity contribution is 7.87. The number of rotatable bonds is 6. The van der Waals surface area contributed by atoms with Crippen LogP contribution in [0.25, 0.3) is 0 Å². The normalized spacial score (nSPS) is 18.8. The predicted octanol–water partition coefficient (Wildman–Crippen LogP) is 1.82. The lowest BCUT2D eigenvalue weighted by atomic mass is 9.96. The van der Waals surface area contributed by atoms with E-state index in [0.29, 0.717) is 0 Å². The van der Waals surface area contributed by atoms with Gasteiger partial charge < -0.3 is 5.11 Å². The maximum atomic E-state index is 12.5. The third-order valence-electron chi connectivity index (χ3n) is 4.14. The van der Waals surface area contributed by atoms with Crippen molar-refractivity contribution in [2.45, 2.75) is 44.2 Å². The predicted molar refractivity (Wildman–Crippen MR) is 83.0 cm³/mol. The Kier molecular flexibility index (Phi) is 5.75. The van der Waals surface area contributed by atoms with Crippen molar-refractivity contribution >= 4 is 10.2 Å². The van der Waals surface area contributed by atoms with Crippen molar-refractivity contribution in [3.63, 3.8) is 0 Å². The van der Waals surface area contributed by atoms with E-state index in [1.54, 1.807) is 7.05 Å². The zero-order valence-corrected chi connectivity index (χ0v) is 13.2. The molecule has 1 aliphatic rings. The Labute approximate surface area is 127 Å². The van der Waals surface area contributed by atoms with Gasteiger partial charge in [-0.15, -0.1) is 0 Å². The van der Waals surface area contributed by atoms with Crippen LogP contribution in [-0.2, 0) is 10.2 Å². The molecular formula is C15H24N2O3S. The second-order valence-corrected chi connectivity index (χ2v) is 7.34. The van der Waals surface area contributed by atoms with Crippen molar-refractivity contribution in [3.05, 3.63) is 35.9 Å². The zero-order chi connectivity index (χ0) is 15.3. The Morgan fingerprint density at radius 3 is 2.43 bits per heavy atom. The number of nitrogens with zero attached hydrogens (tertiary/aromatic N) is 1. The largest absolute Gasteiger partial charge is 0.394 e. The summed E-state index contributed by atoms with van der Waals surface area (Å²) in [6.45, 7) is -0.262. The van der Waals surface area contributed by atoms with E-state index in [-0.39, 0.29) is 12.6 Å². The van der Waals surface area contributed by atoms with Crippen LogP contribution in [0.15, 0.2) is 30.3 Å². The molecule has 1 saturated carbocycles. The van der Waals surface area contributed by atoms with Crippen LogP contribution in [0.2, 0.25) is 0 Å². The molecule has 0 amide bonds. The van der Waals surface area contributed by atoms with Crippen LogP contribution in [0.5, 0.6) is 0 Å². The average Bonchev–Trinajstić information content (AvgIpc) is 2.53. The molecule has 0 bridgehead atoms. The molecule has 0 radical (unpaired) electrons. The highest BCUT2D eigenvalue weighted by Gasteiger charge is 2.29. The molecule has 2 rings (SSSR count). The molecule has 0 aromatic heterocycles. The summed E-state index contributed by atoms with van der Waals surface area (Å²) in [5.74, 6) is 0. The van der Waals surface area contributed by atoms with Gasteiger partial charge in [-0.2, -0.15) is 17.4 Å². The summed E-state index contributed by atoms with van der Waals surface area (Å²) in [5.41, 5.74) is 0.764. The summed E-state index contributed by atoms with van der Waals surface area (Å²) >= 11 is 0. The molecule has 5 nitrogen and oxygen atoms in total. The van der Waals surface area contributed by atoms with Gasteiger partial charge in [-0.3, -0.25) is 0 Å². The third-order valence-corrected chi connectivity index (χ3v) is 5.78. The van der Waals surface area contributed by atoms with E-state index in [2.05, 4.69) is 4.72 Å². The van der Waals surface area contributed by atoms with E-state index in [1.165, 1.54) is 10.7 Å². The summed E-state index contributed by atoms with van der Waals surface area (Å²) in [4.78, 5) is 0. The first-order valence-electron chi connectivity index (χ1n) is 7.45. The highest BCUT2D eigenvalue weighted by atomic mass is 32.2. The van der Waals surface area contributed by atoms with Gasteiger partial charge in [0.25, 0.3) is 10.2 Å². The topological polar surface area (TPSA) is 69.6 Å². The van der Waals surface area contributed by atoms with E-state index in [0.717, 1.165) is 31.2 Å². The number of hydrogen-bond donors (Lipinski definition) is 2. The van der Waals surface area contributed by atoms with E-state index in [4.69, 9.17) is 0 Å². The molecule has 21 heavy (non-hydrogen) atoms. The van der Waals surface area contributed by atoms with Crippen LogP contribution in [0, 0.1) is 0 Å². The molecule has 0 aliphatic heterocycles. The zero-order valence-electron chi connectivity index (χ0n) is 12.4. The smallest absolute Gasteiger partial charge is 0.280 e. The minimum absolute atomic E-state index is 0.0615. The first-order valence-corrected chi connectivity index (χ1v) is 8.89. The fourth-order valence-electron chi connectivity index (χ4n) is 2.80. The van der Waals surface area contributed by atoms with Crippen molar-refractivity contribution in [3.8, 4) is 0 Å². The van der Waals surface area contributed by atoms with E-state index in [9.17, 15) is 13.5 Å². The minimum atomic E-state index is -3.60. The molecule has 118 valence electrons. The molecule has 0 saturated heterocycles. The molecule has 1 fully saturated rings. The molecule has 1 atom stereocenters. The maximum Gasteiger partial charge on any atom is 0.280 e. The number of aliphatic hydroxyl groups is 1. The van der Waals surface area contributed by atoms with Crippen LogP contribution in [0.3, 0.4) is 0 Å². The van der Waals surface area contributed by atoms with Crippen LogP contribution >= 0.6 is 0 Å². The van der Waals surface area contributed by atoms with Gasteiger partial charge in [-0.25, -0.2) is 0 Å². The number of benzene rings is 1. The number of aliphatic hydroxyl groups excluding tert-OH is 1. The molecule has 0 unspecified atom stereocenters. The van der Waals surface area contributed by atoms with Gasteiger partial charge in [0.1, 0.15) is 0 Å². The fourth-order valence-corrected chi connectivity index (χ4v) is 4.14. The summed E-state index contributed by atoms with van der Waals surface area (Å²) in [5, 5.41) is 9.49. The SMILES string of the molecule is CN(C1CCCCC1)S(=O)(=O)N[C@@H](CO)c1ccccc1. The first-order chi connectivity index (χ1) is 10.0. The van der Waals surface area contributed by atoms with Crippen molar-refractivity contribution in [2.75, 3.05) is 13.7 Å². The molecule has 1 aliphatic carbocycles. The Bertz CT molecular complexity index is 527. The van der Waals surface area contributed by atoms with Crippen LogP contribution in [0.4, 0.5) is 0 Å². The Hall–Kier alpha value is -0.950. The van der Waals surface area contributed by atoms with Crippen LogP contribution < -0.4 is 4.72 Å². The Morgan fingerprint density at radius 1 is 1.24 bits per heavy atom. The summed E-state index contributed by atoms with van der Waals surface area (Å²) < 4.78 is 29.0. The van der Waals surface area contributed by atoms with Crippen LogP contribution in [-0.4, -0.2) is 37.5 Å². The van der Waals surface area contributed by atoms with E-state index >= 15 is 0 Å². The fraction of sp³-hybridized carbons (Fsp3) is 0.600. The Morgan fingerprint density at radius 2 is 1.86 bits per heavy atom. The molecule has 0 spiro atoms. The van der Waals surface area contributed by atoms with Crippen molar-refractivity contribution in [1.82, 2.24) is 9.03 Å². The second kappa shape index (κ2) is 7.35. The van der Waals surface area contributed by atoms with E-state index < -0.39 is 16.3 Å². The van der Waals surface area contributed by atoms with Gasteiger partial charge in [0.15, 0.2) is 0 Å². The number of nitrogens with one attached hydrogen (secondary N) is 1. The number of hydrogen-bond acceptors (Lipinski definition) is 3. The molecule has 1 aromatic carbocycles. The lowest BCUT2D eigenvalue weighted by Crippen LogP contribution is -2.46. The third kappa shape index (κ3) is 4.26. The highest BCUT2D eigenvalue weighted by Crippen LogP contribution is 2.24. The molecule has 0 heterocycles. The standard InChI is InChI=1S/C15H24N2O3S/c1-17(14-10-6-3-7-11-14)21(19,20)16-15(12-18)13-8-4-2-5-9-13/h2,4-5,8-9,14-16,18H,3,6-7,10-12H2,1H3/t15-/m0/s1. The van der Waals surface area contributed by atoms with Crippen molar-refractivity contribution in [2.24, 2.45) is 0 Å². The second-order valence-electron chi connectivity index (χ2n) is 5.58. The molecule has 1 aromatic rings. The average molecular weight is 312 g/mol. The van der Waals surface area contributed by atoms with Gasteiger partial charge in [-0.05, 0) is 18.4 Å². The lowest BCUT2D eigenvalue weighted by molar-refractivity contribution is 0.249. The maximum absolute atomic E-state index is 12.5. The lowest BCUT2D eigenvalue weighted by Gasteiger charge is -2.31. The molecule has 2 N–H and O–H groups in total. The van der Waals surface area contributed by atoms with Crippen molar-refractivity contribution < 1.29 is 13.5 Å². The molecule has 6 heteroatoms. The van der Waals surface area contributed by atoms with Gasteiger partial charge in [0.05, 0.1) is 12.6 Å². The van der Waals surface area contributed by atoms with Crippen LogP contribution in [0.1, 0.15) is 43.7 Å². The summed E-state index contributed by atoms with van der Waals surface area (Å²) in [7, 11) is -1.97. The minimum Gasteiger partial charge on any atom is -0.394 e. The van der Waals surface area contributed by atoms with Gasteiger partial charge >= 0.3 is 0 Å². The first kappa shape index (κ1) is 16.4. The monoisotopic (exact) mass is 312 g/mol. The van der Waals surface area contributed by atoms with Gasteiger partial charge in [0, 0.05) is 13.1 Å². The summed E-state index contributed by atoms with van der Waals surface area (Å²) in [6, 6.07) is 8.59. The Balaban J connectivity index is 2.08.